The highest BCUT2D eigenvalue weighted by Crippen LogP contribution is 2.44. The largest absolute Gasteiger partial charge is 0.461 e. The zero-order valence-corrected chi connectivity index (χ0v) is 25.0. The summed E-state index contributed by atoms with van der Waals surface area (Å²) in [5, 5.41) is 2.65. The van der Waals surface area contributed by atoms with E-state index in [0.29, 0.717) is 5.56 Å². The molecule has 0 saturated heterocycles. The Morgan fingerprint density at radius 2 is 1.47 bits per heavy atom. The second-order valence-electron chi connectivity index (χ2n) is 10.7. The van der Waals surface area contributed by atoms with Crippen molar-refractivity contribution in [3.63, 3.8) is 0 Å². The Balaban J connectivity index is 1.28. The SMILES string of the molecule is Cc1ccc(S(=O)(=O)Oc2cccc(C[C@H](NC(=O)OCC3c4ccccc4-c4ccccc43)C(=O)OC(C)C)c2)cc1. The molecule has 1 amide bonds. The van der Waals surface area contributed by atoms with E-state index in [0.717, 1.165) is 27.8 Å². The lowest BCUT2D eigenvalue weighted by Crippen LogP contribution is -2.44. The molecule has 0 spiro atoms. The molecule has 0 radical (unpaired) electrons. The minimum atomic E-state index is -4.07. The molecule has 8 nitrogen and oxygen atoms in total. The van der Waals surface area contributed by atoms with Gasteiger partial charge in [-0.2, -0.15) is 8.42 Å². The van der Waals surface area contributed by atoms with Gasteiger partial charge in [0.15, 0.2) is 0 Å². The number of amides is 1. The maximum atomic E-state index is 13.0. The van der Waals surface area contributed by atoms with Crippen molar-refractivity contribution >= 4 is 22.2 Å². The minimum Gasteiger partial charge on any atom is -0.461 e. The van der Waals surface area contributed by atoms with E-state index < -0.39 is 34.3 Å². The molecule has 0 aromatic heterocycles. The Bertz CT molecular complexity index is 1690. The summed E-state index contributed by atoms with van der Waals surface area (Å²) in [5.74, 6) is -0.694. The van der Waals surface area contributed by atoms with Gasteiger partial charge in [-0.25, -0.2) is 9.59 Å². The third-order valence-corrected chi connectivity index (χ3v) is 8.39. The number of hydrogen-bond acceptors (Lipinski definition) is 7. The predicted octanol–water partition coefficient (Wildman–Crippen LogP) is 6.16. The van der Waals surface area contributed by atoms with Gasteiger partial charge in [-0.15, -0.1) is 0 Å². The predicted molar refractivity (Wildman–Crippen MR) is 162 cm³/mol. The lowest BCUT2D eigenvalue weighted by atomic mass is 9.98. The van der Waals surface area contributed by atoms with E-state index in [-0.39, 0.29) is 29.6 Å². The Morgan fingerprint density at radius 1 is 0.837 bits per heavy atom. The van der Waals surface area contributed by atoms with Gasteiger partial charge in [0.25, 0.3) is 0 Å². The summed E-state index contributed by atoms with van der Waals surface area (Å²) in [6, 6.07) is 27.6. The van der Waals surface area contributed by atoms with Gasteiger partial charge in [0, 0.05) is 12.3 Å². The molecule has 0 fully saturated rings. The monoisotopic (exact) mass is 599 g/mol. The van der Waals surface area contributed by atoms with Crippen LogP contribution in [0.4, 0.5) is 4.79 Å². The molecule has 222 valence electrons. The Morgan fingerprint density at radius 3 is 2.09 bits per heavy atom. The van der Waals surface area contributed by atoms with Crippen LogP contribution in [0.5, 0.6) is 5.75 Å². The standard InChI is InChI=1S/C34H33NO7S/c1-22(2)41-33(36)32(20-24-9-8-10-25(19-24)42-43(38,39)26-17-15-23(3)16-18-26)35-34(37)40-21-31-29-13-6-4-11-27(29)28-12-5-7-14-30(28)31/h4-19,22,31-32H,20-21H2,1-3H3,(H,35,37)/t32-/m0/s1. The number of alkyl carbamates (subject to hydrolysis) is 1. The molecule has 1 N–H and O–H groups in total. The smallest absolute Gasteiger partial charge is 0.407 e. The topological polar surface area (TPSA) is 108 Å². The van der Waals surface area contributed by atoms with Gasteiger partial charge in [0.1, 0.15) is 23.3 Å². The van der Waals surface area contributed by atoms with Gasteiger partial charge in [0.2, 0.25) is 0 Å². The van der Waals surface area contributed by atoms with Gasteiger partial charge in [-0.05, 0) is 72.9 Å². The first-order chi connectivity index (χ1) is 20.6. The van der Waals surface area contributed by atoms with E-state index in [2.05, 4.69) is 17.4 Å². The van der Waals surface area contributed by atoms with E-state index in [4.69, 9.17) is 13.7 Å². The Labute approximate surface area is 251 Å². The number of hydrogen-bond donors (Lipinski definition) is 1. The van der Waals surface area contributed by atoms with Gasteiger partial charge in [-0.3, -0.25) is 0 Å². The molecular formula is C34H33NO7S. The van der Waals surface area contributed by atoms with Gasteiger partial charge < -0.3 is 19.0 Å². The third-order valence-electron chi connectivity index (χ3n) is 7.13. The number of benzene rings is 4. The molecule has 1 aliphatic rings. The number of fused-ring (bicyclic) bond motifs is 3. The first-order valence-electron chi connectivity index (χ1n) is 14.0. The number of carbonyl (C=O) groups is 2. The van der Waals surface area contributed by atoms with Crippen LogP contribution in [-0.4, -0.2) is 39.2 Å². The van der Waals surface area contributed by atoms with Crippen LogP contribution in [0.25, 0.3) is 11.1 Å². The number of aryl methyl sites for hydroxylation is 1. The molecule has 4 aromatic carbocycles. The fourth-order valence-electron chi connectivity index (χ4n) is 5.13. The van der Waals surface area contributed by atoms with E-state index in [1.165, 1.54) is 24.3 Å². The van der Waals surface area contributed by atoms with E-state index in [1.54, 1.807) is 38.1 Å². The number of nitrogens with one attached hydrogen (secondary N) is 1. The zero-order chi connectivity index (χ0) is 30.6. The average Bonchev–Trinajstić information content (AvgIpc) is 3.29. The maximum Gasteiger partial charge on any atom is 0.407 e. The van der Waals surface area contributed by atoms with Crippen molar-refractivity contribution in [2.24, 2.45) is 0 Å². The van der Waals surface area contributed by atoms with Crippen LogP contribution in [0.1, 0.15) is 42.0 Å². The molecule has 0 saturated carbocycles. The number of rotatable bonds is 10. The van der Waals surface area contributed by atoms with Crippen molar-refractivity contribution in [3.05, 3.63) is 119 Å². The first kappa shape index (κ1) is 29.8. The van der Waals surface area contributed by atoms with Crippen molar-refractivity contribution < 1.29 is 31.7 Å². The minimum absolute atomic E-state index is 0.0253. The quantitative estimate of drug-likeness (QED) is 0.172. The van der Waals surface area contributed by atoms with Crippen LogP contribution in [0.2, 0.25) is 0 Å². The summed E-state index contributed by atoms with van der Waals surface area (Å²) in [6.07, 6.45) is -1.15. The molecule has 0 aliphatic heterocycles. The molecule has 0 heterocycles. The molecule has 0 unspecified atom stereocenters. The molecular weight excluding hydrogens is 566 g/mol. The van der Waals surface area contributed by atoms with Gasteiger partial charge >= 0.3 is 22.2 Å². The first-order valence-corrected chi connectivity index (χ1v) is 15.4. The highest BCUT2D eigenvalue weighted by atomic mass is 32.2. The van der Waals surface area contributed by atoms with Crippen LogP contribution >= 0.6 is 0 Å². The summed E-state index contributed by atoms with van der Waals surface area (Å²) >= 11 is 0. The van der Waals surface area contributed by atoms with Gasteiger partial charge in [0.05, 0.1) is 6.10 Å². The van der Waals surface area contributed by atoms with Crippen LogP contribution in [-0.2, 0) is 30.8 Å². The summed E-state index contributed by atoms with van der Waals surface area (Å²) in [4.78, 5) is 26.0. The van der Waals surface area contributed by atoms with Gasteiger partial charge in [-0.1, -0.05) is 78.4 Å². The van der Waals surface area contributed by atoms with Crippen molar-refractivity contribution in [1.82, 2.24) is 5.32 Å². The van der Waals surface area contributed by atoms with Crippen LogP contribution in [0.15, 0.2) is 102 Å². The van der Waals surface area contributed by atoms with Crippen molar-refractivity contribution in [2.45, 2.75) is 50.2 Å². The van der Waals surface area contributed by atoms with E-state index >= 15 is 0 Å². The highest BCUT2D eigenvalue weighted by molar-refractivity contribution is 7.87. The van der Waals surface area contributed by atoms with Crippen molar-refractivity contribution in [3.8, 4) is 16.9 Å². The van der Waals surface area contributed by atoms with Crippen LogP contribution in [0.3, 0.4) is 0 Å². The lowest BCUT2D eigenvalue weighted by Gasteiger charge is -2.20. The Hall–Kier alpha value is -4.63. The summed E-state index contributed by atoms with van der Waals surface area (Å²) in [7, 11) is -4.07. The molecule has 43 heavy (non-hydrogen) atoms. The van der Waals surface area contributed by atoms with Crippen LogP contribution in [0, 0.1) is 6.92 Å². The van der Waals surface area contributed by atoms with E-state index in [1.807, 2.05) is 43.3 Å². The van der Waals surface area contributed by atoms with E-state index in [9.17, 15) is 18.0 Å². The average molecular weight is 600 g/mol. The van der Waals surface area contributed by atoms with Crippen molar-refractivity contribution in [2.75, 3.05) is 6.61 Å². The second kappa shape index (κ2) is 12.7. The lowest BCUT2D eigenvalue weighted by molar-refractivity contribution is -0.149. The molecule has 0 bridgehead atoms. The molecule has 1 aliphatic carbocycles. The van der Waals surface area contributed by atoms with Crippen LogP contribution < -0.4 is 9.50 Å². The summed E-state index contributed by atoms with van der Waals surface area (Å²) < 4.78 is 42.0. The number of esters is 1. The Kier molecular flexibility index (Phi) is 8.82. The fourth-order valence-corrected chi connectivity index (χ4v) is 6.05. The molecule has 4 aromatic rings. The molecule has 1 atom stereocenters. The van der Waals surface area contributed by atoms with Crippen molar-refractivity contribution in [1.29, 1.82) is 0 Å². The number of carbonyl (C=O) groups excluding carboxylic acids is 2. The molecule has 5 rings (SSSR count). The summed E-state index contributed by atoms with van der Waals surface area (Å²) in [5.41, 5.74) is 5.84. The fraction of sp³-hybridized carbons (Fsp3) is 0.235. The molecule has 9 heteroatoms. The highest BCUT2D eigenvalue weighted by Gasteiger charge is 2.30. The number of ether oxygens (including phenoxy) is 2. The normalized spacial score (nSPS) is 13.1. The third kappa shape index (κ3) is 7.06. The summed E-state index contributed by atoms with van der Waals surface area (Å²) in [6.45, 7) is 5.38. The maximum absolute atomic E-state index is 13.0. The second-order valence-corrected chi connectivity index (χ2v) is 12.3. The zero-order valence-electron chi connectivity index (χ0n) is 24.1.